The zero-order valence-electron chi connectivity index (χ0n) is 10.9. The summed E-state index contributed by atoms with van der Waals surface area (Å²) in [4.78, 5) is 4.18. The molecule has 0 aliphatic carbocycles. The van der Waals surface area contributed by atoms with Gasteiger partial charge in [0.05, 0.1) is 17.4 Å². The molecule has 6 heteroatoms. The SMILES string of the molecule is CCCSc1nc(N)c(C#N)c(-c2ccco2)c1C#N. The minimum Gasteiger partial charge on any atom is -0.464 e. The van der Waals surface area contributed by atoms with Gasteiger partial charge in [-0.05, 0) is 24.3 Å². The van der Waals surface area contributed by atoms with Crippen molar-refractivity contribution in [2.24, 2.45) is 0 Å². The van der Waals surface area contributed by atoms with Gasteiger partial charge in [-0.3, -0.25) is 0 Å². The number of pyridine rings is 1. The van der Waals surface area contributed by atoms with E-state index in [0.29, 0.717) is 21.9 Å². The Morgan fingerprint density at radius 1 is 1.35 bits per heavy atom. The third kappa shape index (κ3) is 2.47. The first-order chi connectivity index (χ1) is 9.72. The van der Waals surface area contributed by atoms with Crippen LogP contribution < -0.4 is 5.73 Å². The first-order valence-electron chi connectivity index (χ1n) is 6.03. The molecule has 0 spiro atoms. The molecule has 2 aromatic heterocycles. The molecule has 2 rings (SSSR count). The second kappa shape index (κ2) is 6.14. The van der Waals surface area contributed by atoms with Crippen molar-refractivity contribution in [1.29, 1.82) is 10.5 Å². The predicted octanol–water partition coefficient (Wildman–Crippen LogP) is 3.17. The lowest BCUT2D eigenvalue weighted by Gasteiger charge is -2.10. The second-order valence-corrected chi connectivity index (χ2v) is 5.06. The van der Waals surface area contributed by atoms with Gasteiger partial charge in [0.15, 0.2) is 0 Å². The molecule has 0 saturated heterocycles. The van der Waals surface area contributed by atoms with E-state index in [1.165, 1.54) is 18.0 Å². The van der Waals surface area contributed by atoms with Gasteiger partial charge in [0.2, 0.25) is 0 Å². The molecule has 0 fully saturated rings. The minimum absolute atomic E-state index is 0.122. The molecule has 0 bridgehead atoms. The average molecular weight is 284 g/mol. The van der Waals surface area contributed by atoms with E-state index in [1.807, 2.05) is 13.0 Å². The number of anilines is 1. The van der Waals surface area contributed by atoms with E-state index < -0.39 is 0 Å². The molecule has 20 heavy (non-hydrogen) atoms. The fourth-order valence-electron chi connectivity index (χ4n) is 1.77. The smallest absolute Gasteiger partial charge is 0.143 e. The van der Waals surface area contributed by atoms with Crippen molar-refractivity contribution < 1.29 is 4.42 Å². The highest BCUT2D eigenvalue weighted by molar-refractivity contribution is 7.99. The van der Waals surface area contributed by atoms with Crippen molar-refractivity contribution in [3.63, 3.8) is 0 Å². The Labute approximate surface area is 121 Å². The summed E-state index contributed by atoms with van der Waals surface area (Å²) in [6, 6.07) is 7.52. The molecule has 0 amide bonds. The number of hydrogen-bond donors (Lipinski definition) is 1. The fraction of sp³-hybridized carbons (Fsp3) is 0.214. The van der Waals surface area contributed by atoms with Crippen molar-refractivity contribution in [1.82, 2.24) is 4.98 Å². The molecule has 0 saturated carbocycles. The van der Waals surface area contributed by atoms with E-state index >= 15 is 0 Å². The van der Waals surface area contributed by atoms with Crippen LogP contribution in [0, 0.1) is 22.7 Å². The molecule has 100 valence electrons. The number of nitriles is 2. The van der Waals surface area contributed by atoms with Crippen LogP contribution in [0.15, 0.2) is 27.8 Å². The van der Waals surface area contributed by atoms with Gasteiger partial charge in [-0.2, -0.15) is 10.5 Å². The van der Waals surface area contributed by atoms with Crippen molar-refractivity contribution in [2.45, 2.75) is 18.4 Å². The average Bonchev–Trinajstić information content (AvgIpc) is 2.98. The van der Waals surface area contributed by atoms with E-state index in [2.05, 4.69) is 11.1 Å². The zero-order valence-corrected chi connectivity index (χ0v) is 11.7. The van der Waals surface area contributed by atoms with Crippen molar-refractivity contribution in [2.75, 3.05) is 11.5 Å². The third-order valence-corrected chi connectivity index (χ3v) is 3.81. The molecule has 0 atom stereocenters. The third-order valence-electron chi connectivity index (χ3n) is 2.63. The highest BCUT2D eigenvalue weighted by atomic mass is 32.2. The van der Waals surface area contributed by atoms with Gasteiger partial charge in [0.25, 0.3) is 0 Å². The van der Waals surface area contributed by atoms with E-state index in [4.69, 9.17) is 10.2 Å². The molecule has 0 aromatic carbocycles. The van der Waals surface area contributed by atoms with Gasteiger partial charge in [-0.1, -0.05) is 6.92 Å². The highest BCUT2D eigenvalue weighted by Gasteiger charge is 2.21. The van der Waals surface area contributed by atoms with Crippen LogP contribution in [-0.4, -0.2) is 10.7 Å². The quantitative estimate of drug-likeness (QED) is 0.865. The van der Waals surface area contributed by atoms with E-state index in [1.54, 1.807) is 12.1 Å². The van der Waals surface area contributed by atoms with Crippen molar-refractivity contribution in [3.05, 3.63) is 29.5 Å². The summed E-state index contributed by atoms with van der Waals surface area (Å²) in [6.45, 7) is 2.04. The van der Waals surface area contributed by atoms with Crippen LogP contribution in [0.5, 0.6) is 0 Å². The molecule has 5 nitrogen and oxygen atoms in total. The maximum absolute atomic E-state index is 9.41. The van der Waals surface area contributed by atoms with Gasteiger partial charge in [0, 0.05) is 0 Å². The number of thioether (sulfide) groups is 1. The number of rotatable bonds is 4. The van der Waals surface area contributed by atoms with Gasteiger partial charge in [-0.15, -0.1) is 11.8 Å². The van der Waals surface area contributed by atoms with E-state index in [-0.39, 0.29) is 11.4 Å². The van der Waals surface area contributed by atoms with Crippen LogP contribution in [0.25, 0.3) is 11.3 Å². The molecule has 0 radical (unpaired) electrons. The lowest BCUT2D eigenvalue weighted by Crippen LogP contribution is -2.03. The largest absolute Gasteiger partial charge is 0.464 e. The van der Waals surface area contributed by atoms with Crippen LogP contribution in [0.1, 0.15) is 24.5 Å². The summed E-state index contributed by atoms with van der Waals surface area (Å²) in [5.74, 6) is 1.40. The molecular formula is C14H12N4OS. The summed E-state index contributed by atoms with van der Waals surface area (Å²) in [5.41, 5.74) is 6.77. The van der Waals surface area contributed by atoms with Crippen molar-refractivity contribution in [3.8, 4) is 23.5 Å². The number of nitrogens with zero attached hydrogens (tertiary/aromatic N) is 3. The lowest BCUT2D eigenvalue weighted by atomic mass is 10.0. The fourth-order valence-corrected chi connectivity index (χ4v) is 2.62. The molecule has 0 aliphatic heterocycles. The Kier molecular flexibility index (Phi) is 4.29. The second-order valence-electron chi connectivity index (χ2n) is 3.98. The maximum atomic E-state index is 9.41. The standard InChI is InChI=1S/C14H12N4OS/c1-2-6-20-14-10(8-16)12(11-4-3-5-19-11)9(7-15)13(17)18-14/h3-5H,2,6H2,1H3,(H2,17,18). The maximum Gasteiger partial charge on any atom is 0.143 e. The molecular weight excluding hydrogens is 272 g/mol. The Morgan fingerprint density at radius 3 is 2.65 bits per heavy atom. The summed E-state index contributed by atoms with van der Waals surface area (Å²) in [5, 5.41) is 19.2. The van der Waals surface area contributed by atoms with Crippen molar-refractivity contribution >= 4 is 17.6 Å². The van der Waals surface area contributed by atoms with Gasteiger partial charge in [0.1, 0.15) is 34.3 Å². The minimum atomic E-state index is 0.122. The summed E-state index contributed by atoms with van der Waals surface area (Å²) in [7, 11) is 0. The molecule has 2 N–H and O–H groups in total. The molecule has 0 unspecified atom stereocenters. The van der Waals surface area contributed by atoms with Gasteiger partial charge < -0.3 is 10.2 Å². The molecule has 2 heterocycles. The topological polar surface area (TPSA) is 99.6 Å². The van der Waals surface area contributed by atoms with E-state index in [0.717, 1.165) is 12.2 Å². The lowest BCUT2D eigenvalue weighted by molar-refractivity contribution is 0.581. The number of aromatic nitrogens is 1. The molecule has 2 aromatic rings. The number of hydrogen-bond acceptors (Lipinski definition) is 6. The Balaban J connectivity index is 2.72. The number of nitrogen functional groups attached to an aromatic ring is 1. The van der Waals surface area contributed by atoms with Gasteiger partial charge in [-0.25, -0.2) is 4.98 Å². The van der Waals surface area contributed by atoms with Crippen LogP contribution in [-0.2, 0) is 0 Å². The van der Waals surface area contributed by atoms with Crippen LogP contribution in [0.4, 0.5) is 5.82 Å². The highest BCUT2D eigenvalue weighted by Crippen LogP contribution is 2.35. The zero-order chi connectivity index (χ0) is 14.5. The normalized spacial score (nSPS) is 9.95. The first kappa shape index (κ1) is 14.0. The molecule has 0 aliphatic rings. The van der Waals surface area contributed by atoms with Crippen LogP contribution >= 0.6 is 11.8 Å². The van der Waals surface area contributed by atoms with E-state index in [9.17, 15) is 10.5 Å². The first-order valence-corrected chi connectivity index (χ1v) is 7.01. The number of furan rings is 1. The Hall–Kier alpha value is -2.44. The Bertz CT molecular complexity index is 695. The van der Waals surface area contributed by atoms with Gasteiger partial charge >= 0.3 is 0 Å². The van der Waals surface area contributed by atoms with Crippen LogP contribution in [0.2, 0.25) is 0 Å². The summed E-state index contributed by atoms with van der Waals surface area (Å²) < 4.78 is 5.32. The Morgan fingerprint density at radius 2 is 2.10 bits per heavy atom. The van der Waals surface area contributed by atoms with Crippen LogP contribution in [0.3, 0.4) is 0 Å². The number of nitrogens with two attached hydrogens (primary N) is 1. The monoisotopic (exact) mass is 284 g/mol. The predicted molar refractivity (Wildman–Crippen MR) is 76.8 cm³/mol. The summed E-state index contributed by atoms with van der Waals surface area (Å²) >= 11 is 1.45. The summed E-state index contributed by atoms with van der Waals surface area (Å²) in [6.07, 6.45) is 2.44.